The number of nitrogens with zero attached hydrogens (tertiary/aromatic N) is 2. The van der Waals surface area contributed by atoms with Crippen LogP contribution in [0.4, 0.5) is 0 Å². The Labute approximate surface area is 102 Å². The summed E-state index contributed by atoms with van der Waals surface area (Å²) in [5.41, 5.74) is 5.50. The van der Waals surface area contributed by atoms with Gasteiger partial charge in [0.1, 0.15) is 0 Å². The van der Waals surface area contributed by atoms with Gasteiger partial charge in [-0.15, -0.1) is 0 Å². The number of amidine groups is 1. The van der Waals surface area contributed by atoms with Crippen molar-refractivity contribution in [3.63, 3.8) is 0 Å². The van der Waals surface area contributed by atoms with Gasteiger partial charge in [0.2, 0.25) is 5.91 Å². The molecule has 6 heteroatoms. The zero-order chi connectivity index (χ0) is 13.3. The summed E-state index contributed by atoms with van der Waals surface area (Å²) in [4.78, 5) is 13.8. The number of rotatable bonds is 8. The van der Waals surface area contributed by atoms with Crippen molar-refractivity contribution in [3.8, 4) is 0 Å². The molecule has 0 saturated heterocycles. The molecule has 0 bridgehead atoms. The van der Waals surface area contributed by atoms with Gasteiger partial charge in [0.15, 0.2) is 5.84 Å². The van der Waals surface area contributed by atoms with E-state index in [1.807, 2.05) is 20.8 Å². The van der Waals surface area contributed by atoms with Gasteiger partial charge in [0, 0.05) is 19.7 Å². The van der Waals surface area contributed by atoms with Crippen LogP contribution in [0.5, 0.6) is 0 Å². The lowest BCUT2D eigenvalue weighted by atomic mass is 10.0. The molecule has 1 amide bonds. The van der Waals surface area contributed by atoms with Crippen LogP contribution in [0, 0.1) is 5.92 Å². The van der Waals surface area contributed by atoms with Crippen LogP contribution >= 0.6 is 0 Å². The molecule has 0 aliphatic heterocycles. The van der Waals surface area contributed by atoms with Gasteiger partial charge in [0.05, 0.1) is 12.5 Å². The number of likely N-dealkylation sites (N-methyl/N-ethyl adjacent to an activating group) is 1. The number of hydrogen-bond acceptors (Lipinski definition) is 4. The maximum atomic E-state index is 12.1. The summed E-state index contributed by atoms with van der Waals surface area (Å²) in [6.07, 6.45) is 0.514. The minimum absolute atomic E-state index is 0.0349. The Morgan fingerprint density at radius 2 is 2.12 bits per heavy atom. The number of nitrogens with two attached hydrogens (primary N) is 1. The molecule has 0 rings (SSSR count). The first-order chi connectivity index (χ1) is 8.12. The molecule has 0 aliphatic carbocycles. The Balaban J connectivity index is 4.49. The Morgan fingerprint density at radius 1 is 1.47 bits per heavy atom. The summed E-state index contributed by atoms with van der Waals surface area (Å²) in [5, 5.41) is 11.5. The Kier molecular flexibility index (Phi) is 8.13. The summed E-state index contributed by atoms with van der Waals surface area (Å²) in [6.45, 7) is 7.87. The highest BCUT2D eigenvalue weighted by Crippen LogP contribution is 2.08. The van der Waals surface area contributed by atoms with Gasteiger partial charge in [-0.1, -0.05) is 12.1 Å². The standard InChI is InChI=1S/C11H23N3O3/c1-4-9(10(12)13-16)11(15)14(5-2)7-8-17-6-3/h9,16H,4-8H2,1-3H3,(H2,12,13). The van der Waals surface area contributed by atoms with Crippen LogP contribution in [0.2, 0.25) is 0 Å². The molecule has 0 heterocycles. The average Bonchev–Trinajstić information content (AvgIpc) is 2.35. The maximum Gasteiger partial charge on any atom is 0.233 e. The van der Waals surface area contributed by atoms with Crippen molar-refractivity contribution < 1.29 is 14.7 Å². The van der Waals surface area contributed by atoms with E-state index in [2.05, 4.69) is 5.16 Å². The highest BCUT2D eigenvalue weighted by atomic mass is 16.5. The summed E-state index contributed by atoms with van der Waals surface area (Å²) >= 11 is 0. The van der Waals surface area contributed by atoms with Crippen LogP contribution in [0.1, 0.15) is 27.2 Å². The highest BCUT2D eigenvalue weighted by molar-refractivity contribution is 6.01. The average molecular weight is 245 g/mol. The van der Waals surface area contributed by atoms with E-state index in [0.29, 0.717) is 32.7 Å². The van der Waals surface area contributed by atoms with Crippen molar-refractivity contribution in [3.05, 3.63) is 0 Å². The van der Waals surface area contributed by atoms with Crippen molar-refractivity contribution in [1.29, 1.82) is 0 Å². The van der Waals surface area contributed by atoms with Crippen LogP contribution in [-0.4, -0.2) is 48.2 Å². The Morgan fingerprint density at radius 3 is 2.53 bits per heavy atom. The number of ether oxygens (including phenoxy) is 1. The van der Waals surface area contributed by atoms with Gasteiger partial charge in [0.25, 0.3) is 0 Å². The predicted molar refractivity (Wildman–Crippen MR) is 65.9 cm³/mol. The van der Waals surface area contributed by atoms with Crippen LogP contribution in [-0.2, 0) is 9.53 Å². The van der Waals surface area contributed by atoms with Gasteiger partial charge in [-0.25, -0.2) is 0 Å². The minimum Gasteiger partial charge on any atom is -0.409 e. The molecule has 0 fully saturated rings. The number of amides is 1. The first-order valence-corrected chi connectivity index (χ1v) is 5.96. The van der Waals surface area contributed by atoms with Gasteiger partial charge >= 0.3 is 0 Å². The molecule has 0 aromatic heterocycles. The van der Waals surface area contributed by atoms with E-state index in [9.17, 15) is 4.79 Å². The number of hydrogen-bond donors (Lipinski definition) is 2. The second-order valence-electron chi connectivity index (χ2n) is 3.60. The molecule has 1 atom stereocenters. The second-order valence-corrected chi connectivity index (χ2v) is 3.60. The quantitative estimate of drug-likeness (QED) is 0.216. The minimum atomic E-state index is -0.554. The van der Waals surface area contributed by atoms with Crippen molar-refractivity contribution in [2.45, 2.75) is 27.2 Å². The molecular formula is C11H23N3O3. The van der Waals surface area contributed by atoms with E-state index in [-0.39, 0.29) is 11.7 Å². The second kappa shape index (κ2) is 8.81. The lowest BCUT2D eigenvalue weighted by Crippen LogP contribution is -2.43. The molecule has 100 valence electrons. The number of oxime groups is 1. The monoisotopic (exact) mass is 245 g/mol. The third kappa shape index (κ3) is 5.04. The fourth-order valence-corrected chi connectivity index (χ4v) is 1.54. The van der Waals surface area contributed by atoms with E-state index in [1.54, 1.807) is 4.90 Å². The smallest absolute Gasteiger partial charge is 0.233 e. The molecule has 0 aromatic carbocycles. The van der Waals surface area contributed by atoms with Crippen LogP contribution in [0.3, 0.4) is 0 Å². The van der Waals surface area contributed by atoms with E-state index < -0.39 is 5.92 Å². The molecule has 0 radical (unpaired) electrons. The molecular weight excluding hydrogens is 222 g/mol. The van der Waals surface area contributed by atoms with Gasteiger partial charge in [-0.2, -0.15) is 0 Å². The Hall–Kier alpha value is -1.30. The zero-order valence-electron chi connectivity index (χ0n) is 10.8. The molecule has 3 N–H and O–H groups in total. The van der Waals surface area contributed by atoms with Gasteiger partial charge < -0.3 is 20.6 Å². The zero-order valence-corrected chi connectivity index (χ0v) is 10.8. The SMILES string of the molecule is CCOCCN(CC)C(=O)C(CC)C(N)=NO. The Bertz CT molecular complexity index is 256. The van der Waals surface area contributed by atoms with Crippen molar-refractivity contribution in [2.75, 3.05) is 26.3 Å². The van der Waals surface area contributed by atoms with Crippen molar-refractivity contribution >= 4 is 11.7 Å². The molecule has 0 saturated carbocycles. The maximum absolute atomic E-state index is 12.1. The van der Waals surface area contributed by atoms with Crippen LogP contribution < -0.4 is 5.73 Å². The molecule has 0 spiro atoms. The fraction of sp³-hybridized carbons (Fsp3) is 0.818. The summed E-state index contributed by atoms with van der Waals surface area (Å²) in [7, 11) is 0. The van der Waals surface area contributed by atoms with Crippen molar-refractivity contribution in [2.24, 2.45) is 16.8 Å². The lowest BCUT2D eigenvalue weighted by molar-refractivity contribution is -0.134. The molecule has 6 nitrogen and oxygen atoms in total. The lowest BCUT2D eigenvalue weighted by Gasteiger charge is -2.24. The van der Waals surface area contributed by atoms with E-state index >= 15 is 0 Å². The van der Waals surface area contributed by atoms with Crippen LogP contribution in [0.25, 0.3) is 0 Å². The molecule has 17 heavy (non-hydrogen) atoms. The first-order valence-electron chi connectivity index (χ1n) is 5.96. The number of carbonyl (C=O) groups is 1. The molecule has 0 aliphatic rings. The predicted octanol–water partition coefficient (Wildman–Crippen LogP) is 0.644. The van der Waals surface area contributed by atoms with E-state index in [0.717, 1.165) is 0 Å². The summed E-state index contributed by atoms with van der Waals surface area (Å²) in [6, 6.07) is 0. The largest absolute Gasteiger partial charge is 0.409 e. The fourth-order valence-electron chi connectivity index (χ4n) is 1.54. The van der Waals surface area contributed by atoms with Crippen LogP contribution in [0.15, 0.2) is 5.16 Å². The van der Waals surface area contributed by atoms with Gasteiger partial charge in [-0.05, 0) is 20.3 Å². The number of carbonyl (C=O) groups excluding carboxylic acids is 1. The summed E-state index contributed by atoms with van der Waals surface area (Å²) < 4.78 is 5.21. The third-order valence-corrected chi connectivity index (χ3v) is 2.58. The van der Waals surface area contributed by atoms with Crippen molar-refractivity contribution in [1.82, 2.24) is 4.90 Å². The van der Waals surface area contributed by atoms with E-state index in [1.165, 1.54) is 0 Å². The van der Waals surface area contributed by atoms with Gasteiger partial charge in [-0.3, -0.25) is 4.79 Å². The summed E-state index contributed by atoms with van der Waals surface area (Å²) in [5.74, 6) is -0.709. The normalized spacial score (nSPS) is 13.5. The third-order valence-electron chi connectivity index (χ3n) is 2.58. The first kappa shape index (κ1) is 15.7. The topological polar surface area (TPSA) is 88.2 Å². The highest BCUT2D eigenvalue weighted by Gasteiger charge is 2.25. The molecule has 1 unspecified atom stereocenters. The molecule has 0 aromatic rings. The van der Waals surface area contributed by atoms with E-state index in [4.69, 9.17) is 15.7 Å².